The van der Waals surface area contributed by atoms with Gasteiger partial charge in [0.15, 0.2) is 0 Å². The SMILES string of the molecule is CNCC(C)(C)CNCc1ccc2c(c1)C(=O)N(C1CCC(=O)NC1=O)C2=O. The zero-order valence-corrected chi connectivity index (χ0v) is 16.4. The monoisotopic (exact) mass is 386 g/mol. The van der Waals surface area contributed by atoms with E-state index in [0.29, 0.717) is 17.7 Å². The number of benzene rings is 1. The van der Waals surface area contributed by atoms with Gasteiger partial charge in [-0.15, -0.1) is 0 Å². The highest BCUT2D eigenvalue weighted by Crippen LogP contribution is 2.28. The molecule has 1 aromatic carbocycles. The molecule has 3 N–H and O–H groups in total. The second-order valence-corrected chi connectivity index (χ2v) is 8.13. The number of hydrogen-bond donors (Lipinski definition) is 3. The lowest BCUT2D eigenvalue weighted by Gasteiger charge is -2.27. The number of imide groups is 2. The summed E-state index contributed by atoms with van der Waals surface area (Å²) in [5.74, 6) is -1.94. The third-order valence-electron chi connectivity index (χ3n) is 5.09. The van der Waals surface area contributed by atoms with Crippen molar-refractivity contribution in [1.29, 1.82) is 0 Å². The Labute approximate surface area is 164 Å². The van der Waals surface area contributed by atoms with Gasteiger partial charge in [0.1, 0.15) is 6.04 Å². The second-order valence-electron chi connectivity index (χ2n) is 8.13. The Bertz CT molecular complexity index is 833. The summed E-state index contributed by atoms with van der Waals surface area (Å²) in [4.78, 5) is 49.9. The maximum atomic E-state index is 12.8. The summed E-state index contributed by atoms with van der Waals surface area (Å²) in [5.41, 5.74) is 1.59. The van der Waals surface area contributed by atoms with E-state index < -0.39 is 23.8 Å². The summed E-state index contributed by atoms with van der Waals surface area (Å²) in [6.45, 7) is 6.54. The van der Waals surface area contributed by atoms with Gasteiger partial charge in [-0.2, -0.15) is 0 Å². The van der Waals surface area contributed by atoms with E-state index in [-0.39, 0.29) is 24.2 Å². The van der Waals surface area contributed by atoms with Gasteiger partial charge in [0, 0.05) is 26.1 Å². The molecule has 0 bridgehead atoms. The van der Waals surface area contributed by atoms with Crippen molar-refractivity contribution < 1.29 is 19.2 Å². The van der Waals surface area contributed by atoms with Gasteiger partial charge in [-0.3, -0.25) is 29.4 Å². The van der Waals surface area contributed by atoms with Gasteiger partial charge in [-0.25, -0.2) is 0 Å². The molecule has 2 aliphatic rings. The van der Waals surface area contributed by atoms with Gasteiger partial charge in [-0.1, -0.05) is 19.9 Å². The van der Waals surface area contributed by atoms with Gasteiger partial charge in [0.05, 0.1) is 11.1 Å². The molecule has 1 unspecified atom stereocenters. The first-order valence-electron chi connectivity index (χ1n) is 9.43. The number of nitrogens with zero attached hydrogens (tertiary/aromatic N) is 1. The molecular formula is C20H26N4O4. The van der Waals surface area contributed by atoms with Crippen LogP contribution in [0.25, 0.3) is 0 Å². The largest absolute Gasteiger partial charge is 0.319 e. The molecule has 150 valence electrons. The number of carbonyl (C=O) groups is 4. The van der Waals surface area contributed by atoms with Crippen molar-refractivity contribution in [3.05, 3.63) is 34.9 Å². The summed E-state index contributed by atoms with van der Waals surface area (Å²) < 4.78 is 0. The van der Waals surface area contributed by atoms with Crippen molar-refractivity contribution in [2.24, 2.45) is 5.41 Å². The van der Waals surface area contributed by atoms with Crippen LogP contribution in [0.2, 0.25) is 0 Å². The third-order valence-corrected chi connectivity index (χ3v) is 5.09. The predicted octanol–water partition coefficient (Wildman–Crippen LogP) is 0.423. The average Bonchev–Trinajstić information content (AvgIpc) is 2.86. The number of nitrogens with one attached hydrogen (secondary N) is 3. The highest BCUT2D eigenvalue weighted by molar-refractivity contribution is 6.23. The van der Waals surface area contributed by atoms with Crippen molar-refractivity contribution in [3.63, 3.8) is 0 Å². The molecule has 1 saturated heterocycles. The van der Waals surface area contributed by atoms with Crippen LogP contribution >= 0.6 is 0 Å². The molecular weight excluding hydrogens is 360 g/mol. The molecule has 2 heterocycles. The molecule has 1 aromatic rings. The zero-order valence-electron chi connectivity index (χ0n) is 16.4. The number of fused-ring (bicyclic) bond motifs is 1. The van der Waals surface area contributed by atoms with Crippen LogP contribution in [0.3, 0.4) is 0 Å². The fraction of sp³-hybridized carbons (Fsp3) is 0.500. The normalized spacial score (nSPS) is 19.8. The maximum Gasteiger partial charge on any atom is 0.262 e. The van der Waals surface area contributed by atoms with Crippen molar-refractivity contribution in [1.82, 2.24) is 20.9 Å². The summed E-state index contributed by atoms with van der Waals surface area (Å²) in [7, 11) is 1.92. The minimum atomic E-state index is -0.936. The summed E-state index contributed by atoms with van der Waals surface area (Å²) in [5, 5.41) is 8.74. The molecule has 1 atom stereocenters. The lowest BCUT2D eigenvalue weighted by molar-refractivity contribution is -0.136. The van der Waals surface area contributed by atoms with Crippen molar-refractivity contribution in [2.45, 2.75) is 39.3 Å². The van der Waals surface area contributed by atoms with Crippen molar-refractivity contribution in [3.8, 4) is 0 Å². The number of hydrogen-bond acceptors (Lipinski definition) is 6. The number of amides is 4. The maximum absolute atomic E-state index is 12.8. The molecule has 0 aromatic heterocycles. The number of carbonyl (C=O) groups excluding carboxylic acids is 4. The lowest BCUT2D eigenvalue weighted by Crippen LogP contribution is -2.54. The van der Waals surface area contributed by atoms with E-state index in [2.05, 4.69) is 29.8 Å². The minimum Gasteiger partial charge on any atom is -0.319 e. The predicted molar refractivity (Wildman–Crippen MR) is 103 cm³/mol. The first-order valence-corrected chi connectivity index (χ1v) is 9.43. The van der Waals surface area contributed by atoms with Gasteiger partial charge >= 0.3 is 0 Å². The van der Waals surface area contributed by atoms with Crippen molar-refractivity contribution in [2.75, 3.05) is 20.1 Å². The topological polar surface area (TPSA) is 108 Å². The first kappa shape index (κ1) is 20.2. The molecule has 0 aliphatic carbocycles. The van der Waals surface area contributed by atoms with E-state index in [4.69, 9.17) is 0 Å². The molecule has 3 rings (SSSR count). The fourth-order valence-corrected chi connectivity index (χ4v) is 3.71. The van der Waals surface area contributed by atoms with Crippen LogP contribution in [0.1, 0.15) is 53.0 Å². The van der Waals surface area contributed by atoms with Gasteiger partial charge in [-0.05, 0) is 36.6 Å². The van der Waals surface area contributed by atoms with E-state index in [9.17, 15) is 19.2 Å². The Morgan fingerprint density at radius 3 is 2.50 bits per heavy atom. The van der Waals surface area contributed by atoms with Crippen LogP contribution in [0.15, 0.2) is 18.2 Å². The first-order chi connectivity index (χ1) is 13.2. The van der Waals surface area contributed by atoms with Gasteiger partial charge in [0.25, 0.3) is 11.8 Å². The molecule has 0 spiro atoms. The molecule has 1 fully saturated rings. The van der Waals surface area contributed by atoms with Crippen LogP contribution in [-0.2, 0) is 16.1 Å². The molecule has 4 amide bonds. The van der Waals surface area contributed by atoms with E-state index >= 15 is 0 Å². The Hall–Kier alpha value is -2.58. The average molecular weight is 386 g/mol. The van der Waals surface area contributed by atoms with Gasteiger partial charge in [0.2, 0.25) is 11.8 Å². The lowest BCUT2D eigenvalue weighted by atomic mass is 9.93. The summed E-state index contributed by atoms with van der Waals surface area (Å²) >= 11 is 0. The minimum absolute atomic E-state index is 0.0832. The molecule has 8 heteroatoms. The quantitative estimate of drug-likeness (QED) is 0.587. The Balaban J connectivity index is 1.71. The number of piperidine rings is 1. The second kappa shape index (κ2) is 7.81. The molecule has 0 saturated carbocycles. The van der Waals surface area contributed by atoms with Crippen LogP contribution in [0, 0.1) is 5.41 Å². The Morgan fingerprint density at radius 1 is 1.11 bits per heavy atom. The Kier molecular flexibility index (Phi) is 5.62. The van der Waals surface area contributed by atoms with Crippen molar-refractivity contribution >= 4 is 23.6 Å². The summed E-state index contributed by atoms with van der Waals surface area (Å²) in [6.07, 6.45) is 0.270. The molecule has 28 heavy (non-hydrogen) atoms. The summed E-state index contributed by atoms with van der Waals surface area (Å²) in [6, 6.07) is 4.22. The van der Waals surface area contributed by atoms with E-state index in [1.54, 1.807) is 12.1 Å². The molecule has 0 radical (unpaired) electrons. The highest BCUT2D eigenvalue weighted by atomic mass is 16.2. The standard InChI is InChI=1S/C20H26N4O4/c1-20(2,10-21-3)11-22-9-12-4-5-13-14(8-12)19(28)24(18(13)27)15-6-7-16(25)23-17(15)26/h4-5,8,15,21-22H,6-7,9-11H2,1-3H3,(H,23,25,26). The van der Waals surface area contributed by atoms with Crippen LogP contribution in [0.5, 0.6) is 0 Å². The van der Waals surface area contributed by atoms with Gasteiger partial charge < -0.3 is 10.6 Å². The third kappa shape index (κ3) is 3.98. The Morgan fingerprint density at radius 2 is 1.82 bits per heavy atom. The van der Waals surface area contributed by atoms with E-state index in [0.717, 1.165) is 23.6 Å². The zero-order chi connectivity index (χ0) is 20.5. The van der Waals surface area contributed by atoms with Crippen LogP contribution in [-0.4, -0.2) is 54.7 Å². The molecule has 2 aliphatic heterocycles. The highest BCUT2D eigenvalue weighted by Gasteiger charge is 2.44. The number of rotatable bonds is 7. The van der Waals surface area contributed by atoms with E-state index in [1.165, 1.54) is 0 Å². The van der Waals surface area contributed by atoms with Crippen LogP contribution < -0.4 is 16.0 Å². The fourth-order valence-electron chi connectivity index (χ4n) is 3.71. The van der Waals surface area contributed by atoms with E-state index in [1.807, 2.05) is 13.1 Å². The van der Waals surface area contributed by atoms with Crippen LogP contribution in [0.4, 0.5) is 0 Å². The smallest absolute Gasteiger partial charge is 0.262 e. The molecule has 8 nitrogen and oxygen atoms in total.